The number of thiazole rings is 1. The lowest BCUT2D eigenvalue weighted by Crippen LogP contribution is -2.35. The summed E-state index contributed by atoms with van der Waals surface area (Å²) in [6, 6.07) is 12.1. The molecule has 1 fully saturated rings. The molecule has 2 atom stereocenters. The van der Waals surface area contributed by atoms with Crippen LogP contribution in [0.15, 0.2) is 48.8 Å². The topological polar surface area (TPSA) is 54.9 Å². The van der Waals surface area contributed by atoms with Crippen molar-refractivity contribution in [2.24, 2.45) is 5.92 Å². The number of para-hydroxylation sites is 1. The van der Waals surface area contributed by atoms with Crippen LogP contribution in [0.4, 0.5) is 0 Å². The first-order valence-electron chi connectivity index (χ1n) is 8.83. The molecule has 0 unspecified atom stereocenters. The van der Waals surface area contributed by atoms with Crippen molar-refractivity contribution in [3.8, 4) is 0 Å². The molecule has 25 heavy (non-hydrogen) atoms. The number of hydrogen-bond acceptors (Lipinski definition) is 4. The Bertz CT molecular complexity index is 829. The van der Waals surface area contributed by atoms with Gasteiger partial charge in [-0.15, -0.1) is 11.3 Å². The number of carbonyl (C=O) groups is 1. The standard InChI is InChI=1S/C20H21N3OS/c24-19(22-13-14-6-5-11-21-12-14)15-7-1-2-8-16(15)20-23-17-9-3-4-10-18(17)25-20/h3-6,9-12,15-16H,1-2,7-8,13H2,(H,22,24)/t15-,16-/m1/s1. The number of nitrogens with one attached hydrogen (secondary N) is 1. The summed E-state index contributed by atoms with van der Waals surface area (Å²) in [5.74, 6) is 0.402. The molecule has 5 heteroatoms. The molecule has 3 aromatic rings. The van der Waals surface area contributed by atoms with Crippen molar-refractivity contribution in [2.45, 2.75) is 38.1 Å². The Labute approximate surface area is 151 Å². The van der Waals surface area contributed by atoms with Crippen molar-refractivity contribution in [1.82, 2.24) is 15.3 Å². The van der Waals surface area contributed by atoms with Crippen LogP contribution in [0.2, 0.25) is 0 Å². The molecule has 1 aliphatic carbocycles. The minimum atomic E-state index is 0.0194. The second-order valence-electron chi connectivity index (χ2n) is 6.60. The van der Waals surface area contributed by atoms with Gasteiger partial charge >= 0.3 is 0 Å². The molecule has 0 aliphatic heterocycles. The molecule has 0 spiro atoms. The van der Waals surface area contributed by atoms with Gasteiger partial charge in [0.15, 0.2) is 0 Å². The van der Waals surface area contributed by atoms with Crippen LogP contribution in [0.3, 0.4) is 0 Å². The summed E-state index contributed by atoms with van der Waals surface area (Å²) >= 11 is 1.74. The normalized spacial score (nSPS) is 20.5. The first kappa shape index (κ1) is 16.2. The number of carbonyl (C=O) groups excluding carboxylic acids is 1. The third-order valence-corrected chi connectivity index (χ3v) is 6.09. The third-order valence-electron chi connectivity index (χ3n) is 4.92. The van der Waals surface area contributed by atoms with Crippen molar-refractivity contribution in [3.05, 3.63) is 59.4 Å². The maximum Gasteiger partial charge on any atom is 0.224 e. The van der Waals surface area contributed by atoms with Crippen LogP contribution in [-0.4, -0.2) is 15.9 Å². The SMILES string of the molecule is O=C(NCc1cccnc1)[C@@H]1CCCC[C@H]1c1nc2ccccc2s1. The maximum absolute atomic E-state index is 12.8. The average molecular weight is 351 g/mol. The molecular weight excluding hydrogens is 330 g/mol. The smallest absolute Gasteiger partial charge is 0.224 e. The van der Waals surface area contributed by atoms with Gasteiger partial charge in [-0.25, -0.2) is 4.98 Å². The molecule has 4 rings (SSSR count). The quantitative estimate of drug-likeness (QED) is 0.763. The van der Waals surface area contributed by atoms with Gasteiger partial charge in [0.05, 0.1) is 15.2 Å². The van der Waals surface area contributed by atoms with Crippen molar-refractivity contribution >= 4 is 27.5 Å². The number of aromatic nitrogens is 2. The van der Waals surface area contributed by atoms with E-state index in [-0.39, 0.29) is 17.7 Å². The van der Waals surface area contributed by atoms with E-state index in [2.05, 4.69) is 22.4 Å². The predicted molar refractivity (Wildman–Crippen MR) is 100 cm³/mol. The Kier molecular flexibility index (Phi) is 4.74. The Morgan fingerprint density at radius 1 is 1.16 bits per heavy atom. The molecule has 1 saturated carbocycles. The van der Waals surface area contributed by atoms with Crippen LogP contribution in [0, 0.1) is 5.92 Å². The number of fused-ring (bicyclic) bond motifs is 1. The number of nitrogens with zero attached hydrogens (tertiary/aromatic N) is 2. The van der Waals surface area contributed by atoms with Gasteiger partial charge in [-0.3, -0.25) is 9.78 Å². The summed E-state index contributed by atoms with van der Waals surface area (Å²) in [6.45, 7) is 0.537. The van der Waals surface area contributed by atoms with Crippen LogP contribution < -0.4 is 5.32 Å². The van der Waals surface area contributed by atoms with Gasteiger partial charge in [0, 0.05) is 30.8 Å². The van der Waals surface area contributed by atoms with Crippen molar-refractivity contribution < 1.29 is 4.79 Å². The van der Waals surface area contributed by atoms with Crippen LogP contribution >= 0.6 is 11.3 Å². The molecule has 0 bridgehead atoms. The van der Waals surface area contributed by atoms with E-state index in [9.17, 15) is 4.79 Å². The number of rotatable bonds is 4. The molecule has 1 aliphatic rings. The van der Waals surface area contributed by atoms with E-state index in [1.165, 1.54) is 11.1 Å². The first-order chi connectivity index (χ1) is 12.3. The predicted octanol–water partition coefficient (Wildman–Crippen LogP) is 4.28. The highest BCUT2D eigenvalue weighted by molar-refractivity contribution is 7.18. The van der Waals surface area contributed by atoms with E-state index in [1.54, 1.807) is 23.7 Å². The van der Waals surface area contributed by atoms with E-state index in [4.69, 9.17) is 4.98 Å². The van der Waals surface area contributed by atoms with Gasteiger partial charge in [-0.05, 0) is 36.6 Å². The Hall–Kier alpha value is -2.27. The summed E-state index contributed by atoms with van der Waals surface area (Å²) < 4.78 is 1.21. The lowest BCUT2D eigenvalue weighted by Gasteiger charge is -2.29. The van der Waals surface area contributed by atoms with E-state index in [1.807, 2.05) is 24.3 Å². The molecule has 1 aromatic carbocycles. The van der Waals surface area contributed by atoms with Gasteiger partial charge in [0.25, 0.3) is 0 Å². The highest BCUT2D eigenvalue weighted by atomic mass is 32.1. The summed E-state index contributed by atoms with van der Waals surface area (Å²) in [5.41, 5.74) is 2.07. The minimum absolute atomic E-state index is 0.0194. The van der Waals surface area contributed by atoms with Gasteiger partial charge in [-0.2, -0.15) is 0 Å². The lowest BCUT2D eigenvalue weighted by atomic mass is 9.79. The largest absolute Gasteiger partial charge is 0.352 e. The highest BCUT2D eigenvalue weighted by Gasteiger charge is 2.33. The zero-order valence-corrected chi connectivity index (χ0v) is 14.8. The zero-order valence-electron chi connectivity index (χ0n) is 14.0. The fraction of sp³-hybridized carbons (Fsp3) is 0.350. The Morgan fingerprint density at radius 2 is 2.04 bits per heavy atom. The second-order valence-corrected chi connectivity index (χ2v) is 7.66. The Morgan fingerprint density at radius 3 is 2.88 bits per heavy atom. The van der Waals surface area contributed by atoms with Crippen LogP contribution in [0.25, 0.3) is 10.2 Å². The van der Waals surface area contributed by atoms with Crippen LogP contribution in [-0.2, 0) is 11.3 Å². The Balaban J connectivity index is 1.51. The van der Waals surface area contributed by atoms with Gasteiger partial charge in [0.1, 0.15) is 0 Å². The number of amides is 1. The molecule has 0 radical (unpaired) electrons. The summed E-state index contributed by atoms with van der Waals surface area (Å²) in [5, 5.41) is 4.21. The first-order valence-corrected chi connectivity index (χ1v) is 9.65. The average Bonchev–Trinajstić information content (AvgIpc) is 3.11. The number of benzene rings is 1. The molecule has 1 N–H and O–H groups in total. The minimum Gasteiger partial charge on any atom is -0.352 e. The molecule has 2 heterocycles. The van der Waals surface area contributed by atoms with E-state index in [0.29, 0.717) is 6.54 Å². The number of pyridine rings is 1. The fourth-order valence-corrected chi connectivity index (χ4v) is 4.78. The summed E-state index contributed by atoms with van der Waals surface area (Å²) in [4.78, 5) is 21.7. The molecule has 1 amide bonds. The third kappa shape index (κ3) is 3.56. The zero-order chi connectivity index (χ0) is 17.1. The molecule has 2 aromatic heterocycles. The molecule has 4 nitrogen and oxygen atoms in total. The van der Waals surface area contributed by atoms with Gasteiger partial charge < -0.3 is 5.32 Å². The monoisotopic (exact) mass is 351 g/mol. The van der Waals surface area contributed by atoms with Crippen molar-refractivity contribution in [3.63, 3.8) is 0 Å². The molecule has 0 saturated heterocycles. The van der Waals surface area contributed by atoms with E-state index < -0.39 is 0 Å². The second kappa shape index (κ2) is 7.31. The van der Waals surface area contributed by atoms with E-state index >= 15 is 0 Å². The number of hydrogen-bond donors (Lipinski definition) is 1. The molecular formula is C20H21N3OS. The summed E-state index contributed by atoms with van der Waals surface area (Å²) in [6.07, 6.45) is 7.82. The van der Waals surface area contributed by atoms with Gasteiger partial charge in [0.2, 0.25) is 5.91 Å². The fourth-order valence-electron chi connectivity index (χ4n) is 3.61. The van der Waals surface area contributed by atoms with Crippen LogP contribution in [0.5, 0.6) is 0 Å². The van der Waals surface area contributed by atoms with Gasteiger partial charge in [-0.1, -0.05) is 31.0 Å². The highest BCUT2D eigenvalue weighted by Crippen LogP contribution is 2.40. The molecule has 128 valence electrons. The summed E-state index contributed by atoms with van der Waals surface area (Å²) in [7, 11) is 0. The van der Waals surface area contributed by atoms with E-state index in [0.717, 1.165) is 35.4 Å². The van der Waals surface area contributed by atoms with Crippen LogP contribution in [0.1, 0.15) is 42.2 Å². The maximum atomic E-state index is 12.8. The van der Waals surface area contributed by atoms with Crippen molar-refractivity contribution in [2.75, 3.05) is 0 Å². The van der Waals surface area contributed by atoms with Crippen molar-refractivity contribution in [1.29, 1.82) is 0 Å². The lowest BCUT2D eigenvalue weighted by molar-refractivity contribution is -0.126.